The predicted octanol–water partition coefficient (Wildman–Crippen LogP) is 14.0. The van der Waals surface area contributed by atoms with Crippen molar-refractivity contribution < 1.29 is 4.42 Å². The Bertz CT molecular complexity index is 3850. The first-order valence-corrected chi connectivity index (χ1v) is 21.1. The molecule has 0 fully saturated rings. The molecule has 294 valence electrons. The summed E-state index contributed by atoms with van der Waals surface area (Å²) in [7, 11) is 0. The number of aromatic nitrogens is 6. The van der Waals surface area contributed by atoms with Gasteiger partial charge in [-0.3, -0.25) is 4.57 Å². The molecule has 7 heteroatoms. The van der Waals surface area contributed by atoms with Gasteiger partial charge in [-0.2, -0.15) is 9.97 Å². The smallest absolute Gasteiger partial charge is 0.238 e. The van der Waals surface area contributed by atoms with E-state index >= 15 is 0 Å². The second-order valence-corrected chi connectivity index (χ2v) is 15.9. The van der Waals surface area contributed by atoms with Crippen LogP contribution < -0.4 is 0 Å². The fraction of sp³-hybridized carbons (Fsp3) is 0. The number of nitrogens with zero attached hydrogens (tertiary/aromatic N) is 6. The molecule has 7 nitrogen and oxygen atoms in total. The zero-order chi connectivity index (χ0) is 41.4. The fourth-order valence-corrected chi connectivity index (χ4v) is 9.26. The highest BCUT2D eigenvalue weighted by Gasteiger charge is 2.25. The van der Waals surface area contributed by atoms with Gasteiger partial charge >= 0.3 is 0 Å². The van der Waals surface area contributed by atoms with Crippen LogP contribution in [-0.2, 0) is 0 Å². The molecule has 0 spiro atoms. The van der Waals surface area contributed by atoms with E-state index in [9.17, 15) is 0 Å². The van der Waals surface area contributed by atoms with Crippen LogP contribution in [0.15, 0.2) is 211 Å². The van der Waals surface area contributed by atoms with Gasteiger partial charge in [0.15, 0.2) is 17.2 Å². The highest BCUT2D eigenvalue weighted by molar-refractivity contribution is 6.24. The van der Waals surface area contributed by atoms with Crippen molar-refractivity contribution in [1.82, 2.24) is 29.1 Å². The van der Waals surface area contributed by atoms with Gasteiger partial charge in [-0.25, -0.2) is 9.97 Å². The third-order valence-corrected chi connectivity index (χ3v) is 12.2. The minimum absolute atomic E-state index is 0.533. The van der Waals surface area contributed by atoms with Gasteiger partial charge in [0.2, 0.25) is 11.8 Å². The molecule has 0 atom stereocenters. The van der Waals surface area contributed by atoms with Gasteiger partial charge in [-0.05, 0) is 64.4 Å². The van der Waals surface area contributed by atoms with E-state index in [0.717, 1.165) is 77.1 Å². The van der Waals surface area contributed by atoms with Crippen molar-refractivity contribution >= 4 is 65.5 Å². The number of fused-ring (bicyclic) bond motifs is 9. The van der Waals surface area contributed by atoms with Crippen LogP contribution in [-0.4, -0.2) is 29.1 Å². The Morgan fingerprint density at radius 2 is 0.905 bits per heavy atom. The summed E-state index contributed by atoms with van der Waals surface area (Å²) in [4.78, 5) is 20.6. The molecule has 0 amide bonds. The third kappa shape index (κ3) is 5.60. The number of hydrogen-bond acceptors (Lipinski definition) is 5. The van der Waals surface area contributed by atoms with Crippen molar-refractivity contribution in [3.8, 4) is 57.0 Å². The van der Waals surface area contributed by atoms with Gasteiger partial charge in [0.1, 0.15) is 5.52 Å². The van der Waals surface area contributed by atoms with Crippen LogP contribution in [0.2, 0.25) is 0 Å². The first-order valence-electron chi connectivity index (χ1n) is 21.1. The van der Waals surface area contributed by atoms with Crippen LogP contribution in [0.1, 0.15) is 0 Å². The van der Waals surface area contributed by atoms with Crippen LogP contribution >= 0.6 is 0 Å². The van der Waals surface area contributed by atoms with Crippen molar-refractivity contribution in [2.24, 2.45) is 0 Å². The van der Waals surface area contributed by atoms with E-state index in [4.69, 9.17) is 24.4 Å². The zero-order valence-electron chi connectivity index (χ0n) is 33.7. The van der Waals surface area contributed by atoms with E-state index in [-0.39, 0.29) is 0 Å². The second-order valence-electron chi connectivity index (χ2n) is 15.9. The Morgan fingerprint density at radius 3 is 1.59 bits per heavy atom. The highest BCUT2D eigenvalue weighted by atomic mass is 16.3. The summed E-state index contributed by atoms with van der Waals surface area (Å²) in [5.41, 5.74) is 11.4. The van der Waals surface area contributed by atoms with Crippen LogP contribution in [0.3, 0.4) is 0 Å². The molecule has 0 aliphatic carbocycles. The van der Waals surface area contributed by atoms with E-state index < -0.39 is 0 Å². The minimum atomic E-state index is 0.533. The van der Waals surface area contributed by atoms with Gasteiger partial charge in [-0.1, -0.05) is 164 Å². The van der Waals surface area contributed by atoms with Crippen molar-refractivity contribution in [3.05, 3.63) is 206 Å². The van der Waals surface area contributed by atoms with Gasteiger partial charge in [-0.15, -0.1) is 0 Å². The molecule has 0 bridgehead atoms. The van der Waals surface area contributed by atoms with Crippen LogP contribution in [0.4, 0.5) is 0 Å². The number of rotatable bonds is 6. The molecule has 0 unspecified atom stereocenters. The topological polar surface area (TPSA) is 74.6 Å². The maximum atomic E-state index is 6.85. The molecular formula is C56H34N6O. The van der Waals surface area contributed by atoms with E-state index in [1.165, 1.54) is 16.3 Å². The van der Waals surface area contributed by atoms with Crippen LogP contribution in [0.25, 0.3) is 122 Å². The Morgan fingerprint density at radius 1 is 0.349 bits per heavy atom. The average molecular weight is 807 g/mol. The molecule has 0 saturated heterocycles. The Hall–Kier alpha value is -8.68. The Balaban J connectivity index is 1.05. The van der Waals surface area contributed by atoms with Gasteiger partial charge in [0, 0.05) is 38.2 Å². The van der Waals surface area contributed by atoms with Crippen molar-refractivity contribution in [1.29, 1.82) is 0 Å². The predicted molar refractivity (Wildman–Crippen MR) is 255 cm³/mol. The molecule has 63 heavy (non-hydrogen) atoms. The third-order valence-electron chi connectivity index (χ3n) is 12.2. The number of para-hydroxylation sites is 3. The molecule has 4 aromatic heterocycles. The maximum absolute atomic E-state index is 6.85. The number of benzene rings is 9. The summed E-state index contributed by atoms with van der Waals surface area (Å²) in [6, 6.07) is 71.5. The standard InChI is InChI=1S/C56H34N6O/c1-3-15-37(16-4-1)53-58-54(38-17-5-2-6-18-38)60-56(59-53)62-48-24-12-10-21-43(48)45-33-32-44-42-20-9-11-23-47(42)61(50(44)51(45)62)49-25-13-22-46-52(49)63-55(57-46)39-29-26-36(27-30-39)41-31-28-35-14-7-8-19-40(35)34-41/h1-34H. The van der Waals surface area contributed by atoms with E-state index in [2.05, 4.69) is 149 Å². The SMILES string of the molecule is c1ccc(-c2nc(-c3ccccc3)nc(-n3c4ccccc4c4ccc5c6ccccc6n(-c6cccc7nc(-c8ccc(-c9ccc%10ccccc%10c9)cc8)oc67)c5c43)n2)cc1. The van der Waals surface area contributed by atoms with Gasteiger partial charge < -0.3 is 8.98 Å². The zero-order valence-corrected chi connectivity index (χ0v) is 33.7. The lowest BCUT2D eigenvalue weighted by molar-refractivity contribution is 0.618. The van der Waals surface area contributed by atoms with E-state index in [1.807, 2.05) is 66.7 Å². The van der Waals surface area contributed by atoms with Crippen molar-refractivity contribution in [2.75, 3.05) is 0 Å². The average Bonchev–Trinajstić information content (AvgIpc) is 4.05. The summed E-state index contributed by atoms with van der Waals surface area (Å²) in [6.07, 6.45) is 0. The Labute approximate surface area is 360 Å². The minimum Gasteiger partial charge on any atom is -0.434 e. The molecule has 4 heterocycles. The quantitative estimate of drug-likeness (QED) is 0.167. The first-order chi connectivity index (χ1) is 31.2. The maximum Gasteiger partial charge on any atom is 0.238 e. The lowest BCUT2D eigenvalue weighted by Gasteiger charge is -2.13. The lowest BCUT2D eigenvalue weighted by Crippen LogP contribution is -2.07. The molecule has 9 aromatic carbocycles. The highest BCUT2D eigenvalue weighted by Crippen LogP contribution is 2.43. The number of hydrogen-bond donors (Lipinski definition) is 0. The largest absolute Gasteiger partial charge is 0.434 e. The summed E-state index contributed by atoms with van der Waals surface area (Å²) < 4.78 is 11.4. The summed E-state index contributed by atoms with van der Waals surface area (Å²) in [5.74, 6) is 2.30. The van der Waals surface area contributed by atoms with E-state index in [1.54, 1.807) is 0 Å². The molecule has 0 aliphatic heterocycles. The molecule has 0 radical (unpaired) electrons. The Kier molecular flexibility index (Phi) is 7.77. The van der Waals surface area contributed by atoms with Gasteiger partial charge in [0.05, 0.1) is 27.8 Å². The summed E-state index contributed by atoms with van der Waals surface area (Å²) >= 11 is 0. The fourth-order valence-electron chi connectivity index (χ4n) is 9.26. The van der Waals surface area contributed by atoms with Crippen molar-refractivity contribution in [2.45, 2.75) is 0 Å². The van der Waals surface area contributed by atoms with Crippen molar-refractivity contribution in [3.63, 3.8) is 0 Å². The molecular weight excluding hydrogens is 773 g/mol. The van der Waals surface area contributed by atoms with E-state index in [0.29, 0.717) is 29.1 Å². The normalized spacial score (nSPS) is 11.8. The lowest BCUT2D eigenvalue weighted by atomic mass is 10.0. The molecule has 13 aromatic rings. The molecule has 0 aliphatic rings. The van der Waals surface area contributed by atoms with Gasteiger partial charge in [0.25, 0.3) is 0 Å². The first kappa shape index (κ1) is 35.1. The number of oxazole rings is 1. The van der Waals surface area contributed by atoms with Crippen LogP contribution in [0.5, 0.6) is 0 Å². The summed E-state index contributed by atoms with van der Waals surface area (Å²) in [5, 5.41) is 6.85. The monoisotopic (exact) mass is 806 g/mol. The molecule has 0 N–H and O–H groups in total. The van der Waals surface area contributed by atoms with Crippen LogP contribution in [0, 0.1) is 0 Å². The summed E-state index contributed by atoms with van der Waals surface area (Å²) in [6.45, 7) is 0. The molecule has 0 saturated carbocycles. The molecule has 13 rings (SSSR count). The second kappa shape index (κ2) is 13.9.